The largest absolute Gasteiger partial charge is 0.393 e. The second kappa shape index (κ2) is 6.33. The van der Waals surface area contributed by atoms with Gasteiger partial charge in [0.25, 0.3) is 0 Å². The predicted molar refractivity (Wildman–Crippen MR) is 105 cm³/mol. The fraction of sp³-hybridized carbons (Fsp3) is 0.0500. The van der Waals surface area contributed by atoms with Crippen molar-refractivity contribution in [1.29, 1.82) is 0 Å². The number of rotatable bonds is 4. The van der Waals surface area contributed by atoms with Crippen LogP contribution in [0.5, 0.6) is 0 Å². The molecule has 0 fully saturated rings. The fourth-order valence-electron chi connectivity index (χ4n) is 2.95. The Hall–Kier alpha value is -3.67. The van der Waals surface area contributed by atoms with E-state index in [0.717, 1.165) is 33.3 Å². The quantitative estimate of drug-likeness (QED) is 0.556. The summed E-state index contributed by atoms with van der Waals surface area (Å²) in [5.41, 5.74) is 11.2. The van der Waals surface area contributed by atoms with Crippen molar-refractivity contribution in [1.82, 2.24) is 24.9 Å². The number of aromatic nitrogens is 4. The number of allylic oxidation sites excluding steroid dienone is 2. The number of hydrogen-bond acceptors (Lipinski definition) is 5. The van der Waals surface area contributed by atoms with Crippen LogP contribution in [0.25, 0.3) is 33.3 Å². The molecule has 128 valence electrons. The molecule has 4 aromatic rings. The second-order valence-electron chi connectivity index (χ2n) is 5.87. The maximum Gasteiger partial charge on any atom is 0.165 e. The Labute approximate surface area is 150 Å². The third-order valence-electron chi connectivity index (χ3n) is 4.22. The molecular weight excluding hydrogens is 324 g/mol. The van der Waals surface area contributed by atoms with Gasteiger partial charge in [-0.2, -0.15) is 9.61 Å². The molecule has 0 atom stereocenters. The molecule has 0 spiro atoms. The molecule has 0 saturated heterocycles. The summed E-state index contributed by atoms with van der Waals surface area (Å²) in [5, 5.41) is 8.45. The Kier molecular flexibility index (Phi) is 3.85. The minimum Gasteiger partial charge on any atom is -0.393 e. The van der Waals surface area contributed by atoms with Gasteiger partial charge in [0.1, 0.15) is 5.82 Å². The molecule has 0 aliphatic carbocycles. The van der Waals surface area contributed by atoms with Gasteiger partial charge >= 0.3 is 0 Å². The van der Waals surface area contributed by atoms with Crippen molar-refractivity contribution in [3.05, 3.63) is 73.3 Å². The van der Waals surface area contributed by atoms with Crippen molar-refractivity contribution < 1.29 is 0 Å². The lowest BCUT2D eigenvalue weighted by Gasteiger charge is -2.07. The van der Waals surface area contributed by atoms with Gasteiger partial charge in [-0.25, -0.2) is 4.98 Å². The standard InChI is InChI=1S/C20H18N6/c1-3-13(10-22-2)18-9-19(21)26-20(25-18)16(12-24-26)15-8-14-6-4-5-7-17(14)23-11-15/h3-12,22H,1,21H2,2H3/b13-10+. The van der Waals surface area contributed by atoms with E-state index in [4.69, 9.17) is 10.7 Å². The highest BCUT2D eigenvalue weighted by atomic mass is 15.3. The van der Waals surface area contributed by atoms with E-state index in [-0.39, 0.29) is 0 Å². The summed E-state index contributed by atoms with van der Waals surface area (Å²) in [4.78, 5) is 9.29. The zero-order valence-electron chi connectivity index (χ0n) is 14.3. The highest BCUT2D eigenvalue weighted by molar-refractivity contribution is 5.87. The second-order valence-corrected chi connectivity index (χ2v) is 5.87. The summed E-state index contributed by atoms with van der Waals surface area (Å²) in [6.07, 6.45) is 7.17. The van der Waals surface area contributed by atoms with Crippen LogP contribution in [0.1, 0.15) is 5.69 Å². The average molecular weight is 342 g/mol. The molecule has 3 aromatic heterocycles. The fourth-order valence-corrected chi connectivity index (χ4v) is 2.95. The van der Waals surface area contributed by atoms with Crippen LogP contribution in [0.3, 0.4) is 0 Å². The van der Waals surface area contributed by atoms with Crippen LogP contribution >= 0.6 is 0 Å². The number of nitrogen functional groups attached to an aromatic ring is 1. The molecule has 0 bridgehead atoms. The van der Waals surface area contributed by atoms with Crippen LogP contribution in [0, 0.1) is 0 Å². The zero-order chi connectivity index (χ0) is 18.1. The van der Waals surface area contributed by atoms with Crippen molar-refractivity contribution in [3.8, 4) is 11.1 Å². The first kappa shape index (κ1) is 15.8. The number of pyridine rings is 1. The van der Waals surface area contributed by atoms with Gasteiger partial charge in [0.15, 0.2) is 5.65 Å². The lowest BCUT2D eigenvalue weighted by atomic mass is 10.1. The Morgan fingerprint density at radius 3 is 2.88 bits per heavy atom. The molecule has 0 aliphatic heterocycles. The third kappa shape index (κ3) is 2.57. The minimum absolute atomic E-state index is 0.508. The maximum atomic E-state index is 6.19. The van der Waals surface area contributed by atoms with Gasteiger partial charge in [0.05, 0.1) is 17.4 Å². The minimum atomic E-state index is 0.508. The van der Waals surface area contributed by atoms with Gasteiger partial charge in [0.2, 0.25) is 0 Å². The van der Waals surface area contributed by atoms with Crippen molar-refractivity contribution in [3.63, 3.8) is 0 Å². The number of fused-ring (bicyclic) bond motifs is 2. The first-order valence-electron chi connectivity index (χ1n) is 8.21. The van der Waals surface area contributed by atoms with Crippen molar-refractivity contribution >= 4 is 27.9 Å². The van der Waals surface area contributed by atoms with Gasteiger partial charge in [-0.1, -0.05) is 30.9 Å². The van der Waals surface area contributed by atoms with Crippen molar-refractivity contribution in [2.75, 3.05) is 12.8 Å². The zero-order valence-corrected chi connectivity index (χ0v) is 14.3. The summed E-state index contributed by atoms with van der Waals surface area (Å²) >= 11 is 0. The topological polar surface area (TPSA) is 81.1 Å². The maximum absolute atomic E-state index is 6.19. The smallest absolute Gasteiger partial charge is 0.165 e. The van der Waals surface area contributed by atoms with E-state index in [1.807, 2.05) is 43.7 Å². The third-order valence-corrected chi connectivity index (χ3v) is 4.22. The predicted octanol–water partition coefficient (Wildman–Crippen LogP) is 3.27. The Balaban J connectivity index is 1.93. The van der Waals surface area contributed by atoms with Crippen LogP contribution in [0.4, 0.5) is 5.82 Å². The van der Waals surface area contributed by atoms with Crippen molar-refractivity contribution in [2.45, 2.75) is 0 Å². The lowest BCUT2D eigenvalue weighted by molar-refractivity contribution is 0.948. The SMILES string of the molecule is C=C/C(=C\NC)c1cc(N)n2ncc(-c3cnc4ccccc4c3)c2n1. The Morgan fingerprint density at radius 2 is 2.08 bits per heavy atom. The molecule has 26 heavy (non-hydrogen) atoms. The number of para-hydroxylation sites is 1. The van der Waals surface area contributed by atoms with Gasteiger partial charge in [0, 0.05) is 47.6 Å². The summed E-state index contributed by atoms with van der Waals surface area (Å²) in [6, 6.07) is 11.9. The number of anilines is 1. The summed E-state index contributed by atoms with van der Waals surface area (Å²) < 4.78 is 1.63. The number of benzene rings is 1. The molecule has 0 aliphatic rings. The molecule has 0 unspecified atom stereocenters. The average Bonchev–Trinajstić information content (AvgIpc) is 3.10. The van der Waals surface area contributed by atoms with Crippen LogP contribution in [-0.4, -0.2) is 26.6 Å². The highest BCUT2D eigenvalue weighted by Gasteiger charge is 2.13. The first-order chi connectivity index (χ1) is 12.7. The molecule has 0 amide bonds. The summed E-state index contributed by atoms with van der Waals surface area (Å²) in [5.74, 6) is 0.508. The van der Waals surface area contributed by atoms with Gasteiger partial charge in [-0.15, -0.1) is 0 Å². The first-order valence-corrected chi connectivity index (χ1v) is 8.21. The van der Waals surface area contributed by atoms with E-state index >= 15 is 0 Å². The Bertz CT molecular complexity index is 1160. The molecular formula is C20H18N6. The van der Waals surface area contributed by atoms with Crippen LogP contribution in [-0.2, 0) is 0 Å². The number of nitrogens with zero attached hydrogens (tertiary/aromatic N) is 4. The molecule has 1 aromatic carbocycles. The van der Waals surface area contributed by atoms with Gasteiger partial charge < -0.3 is 11.1 Å². The van der Waals surface area contributed by atoms with Crippen LogP contribution in [0.2, 0.25) is 0 Å². The van der Waals surface area contributed by atoms with E-state index in [1.54, 1.807) is 22.9 Å². The number of hydrogen-bond donors (Lipinski definition) is 2. The van der Waals surface area contributed by atoms with E-state index in [2.05, 4.69) is 28.0 Å². The lowest BCUT2D eigenvalue weighted by Crippen LogP contribution is -2.04. The number of nitrogens with two attached hydrogens (primary N) is 1. The van der Waals surface area contributed by atoms with Crippen LogP contribution < -0.4 is 11.1 Å². The normalized spacial score (nSPS) is 11.8. The van der Waals surface area contributed by atoms with Gasteiger partial charge in [-0.3, -0.25) is 4.98 Å². The van der Waals surface area contributed by atoms with E-state index in [0.29, 0.717) is 11.5 Å². The molecule has 0 radical (unpaired) electrons. The van der Waals surface area contributed by atoms with Crippen molar-refractivity contribution in [2.24, 2.45) is 0 Å². The molecule has 6 heteroatoms. The highest BCUT2D eigenvalue weighted by Crippen LogP contribution is 2.28. The van der Waals surface area contributed by atoms with E-state index in [9.17, 15) is 0 Å². The molecule has 0 saturated carbocycles. The summed E-state index contributed by atoms with van der Waals surface area (Å²) in [6.45, 7) is 3.85. The van der Waals surface area contributed by atoms with Crippen LogP contribution in [0.15, 0.2) is 67.6 Å². The molecule has 6 nitrogen and oxygen atoms in total. The molecule has 3 heterocycles. The van der Waals surface area contributed by atoms with E-state index in [1.165, 1.54) is 0 Å². The monoisotopic (exact) mass is 342 g/mol. The van der Waals surface area contributed by atoms with Gasteiger partial charge in [-0.05, 0) is 12.1 Å². The Morgan fingerprint density at radius 1 is 1.23 bits per heavy atom. The molecule has 3 N–H and O–H groups in total. The molecule has 4 rings (SSSR count). The number of nitrogens with one attached hydrogen (secondary N) is 1. The summed E-state index contributed by atoms with van der Waals surface area (Å²) in [7, 11) is 1.83. The van der Waals surface area contributed by atoms with E-state index < -0.39 is 0 Å².